The highest BCUT2D eigenvalue weighted by molar-refractivity contribution is 5.99. The van der Waals surface area contributed by atoms with E-state index in [2.05, 4.69) is 10.6 Å². The molecule has 1 heterocycles. The minimum absolute atomic E-state index is 0.0126. The molecule has 1 aliphatic heterocycles. The van der Waals surface area contributed by atoms with Crippen molar-refractivity contribution >= 4 is 23.5 Å². The molecule has 2 atom stereocenters. The number of esters is 1. The van der Waals surface area contributed by atoms with Crippen LogP contribution in [0.15, 0.2) is 78.9 Å². The van der Waals surface area contributed by atoms with Crippen molar-refractivity contribution in [2.24, 2.45) is 0 Å². The zero-order chi connectivity index (χ0) is 27.1. The van der Waals surface area contributed by atoms with Crippen LogP contribution in [-0.4, -0.2) is 55.5 Å². The van der Waals surface area contributed by atoms with Crippen molar-refractivity contribution in [1.29, 1.82) is 0 Å². The number of carbonyl (C=O) groups is 3. The van der Waals surface area contributed by atoms with Crippen LogP contribution in [0.1, 0.15) is 24.1 Å². The first-order valence-corrected chi connectivity index (χ1v) is 12.2. The van der Waals surface area contributed by atoms with Crippen molar-refractivity contribution in [2.75, 3.05) is 32.6 Å². The molecule has 0 radical (unpaired) electrons. The molecule has 38 heavy (non-hydrogen) atoms. The summed E-state index contributed by atoms with van der Waals surface area (Å²) in [5.74, 6) is 0.0541. The minimum atomic E-state index is -1.13. The average molecular weight is 518 g/mol. The highest BCUT2D eigenvalue weighted by Gasteiger charge is 2.54. The number of nitrogens with zero attached hydrogens (tertiary/aromatic N) is 1. The molecule has 0 aliphatic carbocycles. The Morgan fingerprint density at radius 3 is 2.11 bits per heavy atom. The summed E-state index contributed by atoms with van der Waals surface area (Å²) >= 11 is 0. The Morgan fingerprint density at radius 1 is 0.921 bits per heavy atom. The molecular formula is C29H31N3O6. The van der Waals surface area contributed by atoms with Crippen molar-refractivity contribution in [1.82, 2.24) is 10.2 Å². The number of benzene rings is 3. The van der Waals surface area contributed by atoms with E-state index < -0.39 is 17.6 Å². The highest BCUT2D eigenvalue weighted by atomic mass is 16.5. The van der Waals surface area contributed by atoms with Gasteiger partial charge in [-0.25, -0.2) is 4.79 Å². The van der Waals surface area contributed by atoms with Crippen LogP contribution in [0, 0.1) is 0 Å². The predicted molar refractivity (Wildman–Crippen MR) is 142 cm³/mol. The van der Waals surface area contributed by atoms with Gasteiger partial charge in [-0.15, -0.1) is 0 Å². The third-order valence-corrected chi connectivity index (χ3v) is 6.37. The van der Waals surface area contributed by atoms with Crippen molar-refractivity contribution in [2.45, 2.75) is 25.1 Å². The fourth-order valence-electron chi connectivity index (χ4n) is 4.28. The highest BCUT2D eigenvalue weighted by Crippen LogP contribution is 2.34. The predicted octanol–water partition coefficient (Wildman–Crippen LogP) is 3.32. The summed E-state index contributed by atoms with van der Waals surface area (Å²) in [6, 6.07) is 22.4. The molecule has 1 fully saturated rings. The zero-order valence-corrected chi connectivity index (χ0v) is 21.6. The number of methoxy groups -OCH3 is 2. The van der Waals surface area contributed by atoms with Crippen molar-refractivity contribution in [3.63, 3.8) is 0 Å². The van der Waals surface area contributed by atoms with Gasteiger partial charge in [0.1, 0.15) is 23.6 Å². The summed E-state index contributed by atoms with van der Waals surface area (Å²) in [7, 11) is 3.13. The molecule has 4 rings (SSSR count). The summed E-state index contributed by atoms with van der Waals surface area (Å²) in [5, 5.41) is 5.83. The molecular weight excluding hydrogens is 486 g/mol. The monoisotopic (exact) mass is 517 g/mol. The van der Waals surface area contributed by atoms with Crippen LogP contribution in [-0.2, 0) is 25.7 Å². The number of hydrogen-bond acceptors (Lipinski definition) is 7. The third kappa shape index (κ3) is 6.05. The average Bonchev–Trinajstić information content (AvgIpc) is 2.95. The first-order valence-electron chi connectivity index (χ1n) is 12.2. The first kappa shape index (κ1) is 26.5. The number of likely N-dealkylation sites (tertiary alicyclic amines) is 1. The third-order valence-electron chi connectivity index (χ3n) is 6.37. The summed E-state index contributed by atoms with van der Waals surface area (Å²) in [4.78, 5) is 40.6. The second kappa shape index (κ2) is 11.7. The van der Waals surface area contributed by atoms with E-state index in [1.165, 1.54) is 4.90 Å². The maximum Gasteiger partial charge on any atom is 0.333 e. The van der Waals surface area contributed by atoms with Crippen LogP contribution in [0.25, 0.3) is 0 Å². The molecule has 1 aliphatic rings. The van der Waals surface area contributed by atoms with Gasteiger partial charge in [0.15, 0.2) is 6.04 Å². The van der Waals surface area contributed by atoms with Gasteiger partial charge in [-0.2, -0.15) is 0 Å². The number of amides is 2. The lowest BCUT2D eigenvalue weighted by Crippen LogP contribution is -2.74. The second-order valence-electron chi connectivity index (χ2n) is 9.16. The molecule has 0 spiro atoms. The lowest BCUT2D eigenvalue weighted by molar-refractivity contribution is -0.169. The number of hydrogen-bond donors (Lipinski definition) is 2. The Hall–Kier alpha value is -4.53. The molecule has 3 aromatic rings. The number of rotatable bonds is 11. The van der Waals surface area contributed by atoms with Crippen LogP contribution in [0.2, 0.25) is 0 Å². The van der Waals surface area contributed by atoms with Gasteiger partial charge in [0.05, 0.1) is 27.3 Å². The van der Waals surface area contributed by atoms with Gasteiger partial charge in [0.2, 0.25) is 5.91 Å². The maximum atomic E-state index is 13.3. The Labute approximate surface area is 221 Å². The number of β-lactam (4-membered cyclic amide) rings is 1. The molecule has 0 aromatic heterocycles. The molecule has 1 saturated heterocycles. The van der Waals surface area contributed by atoms with Crippen LogP contribution in [0.5, 0.6) is 11.5 Å². The lowest BCUT2D eigenvalue weighted by Gasteiger charge is -2.49. The molecule has 0 bridgehead atoms. The SMILES string of the molecule is COc1ccc(COC(=O)C(c2ccc(OC)cc2)N2C[C@@](C)(NC(=O)CNc3ccccc3)C2=O)cc1. The Morgan fingerprint density at radius 2 is 1.53 bits per heavy atom. The van der Waals surface area contributed by atoms with E-state index in [-0.39, 0.29) is 31.5 Å². The summed E-state index contributed by atoms with van der Waals surface area (Å²) < 4.78 is 16.0. The fourth-order valence-corrected chi connectivity index (χ4v) is 4.28. The van der Waals surface area contributed by atoms with E-state index in [1.54, 1.807) is 69.7 Å². The maximum absolute atomic E-state index is 13.3. The Kier molecular flexibility index (Phi) is 8.15. The zero-order valence-electron chi connectivity index (χ0n) is 21.6. The number of nitrogens with one attached hydrogen (secondary N) is 2. The number of ether oxygens (including phenoxy) is 3. The fraction of sp³-hybridized carbons (Fsp3) is 0.276. The molecule has 2 amide bonds. The van der Waals surface area contributed by atoms with Gasteiger partial charge < -0.3 is 29.7 Å². The standard InChI is InChI=1S/C29H31N3O6/c1-29(31-25(33)17-30-22-7-5-4-6-8-22)19-32(28(29)35)26(21-11-15-24(37-3)16-12-21)27(34)38-18-20-9-13-23(36-2)14-10-20/h4-16,26,30H,17-19H2,1-3H3,(H,31,33)/t26?,29-/m1/s1. The van der Waals surface area contributed by atoms with E-state index in [4.69, 9.17) is 14.2 Å². The van der Waals surface area contributed by atoms with Gasteiger partial charge in [-0.05, 0) is 54.4 Å². The summed E-state index contributed by atoms with van der Waals surface area (Å²) in [6.45, 7) is 1.85. The molecule has 198 valence electrons. The molecule has 9 nitrogen and oxygen atoms in total. The van der Waals surface area contributed by atoms with Crippen LogP contribution >= 0.6 is 0 Å². The van der Waals surface area contributed by atoms with E-state index in [0.29, 0.717) is 17.1 Å². The largest absolute Gasteiger partial charge is 0.497 e. The van der Waals surface area contributed by atoms with E-state index in [9.17, 15) is 14.4 Å². The van der Waals surface area contributed by atoms with Crippen molar-refractivity contribution < 1.29 is 28.6 Å². The Balaban J connectivity index is 1.44. The van der Waals surface area contributed by atoms with Crippen LogP contribution < -0.4 is 20.1 Å². The van der Waals surface area contributed by atoms with Gasteiger partial charge in [0, 0.05) is 5.69 Å². The second-order valence-corrected chi connectivity index (χ2v) is 9.16. The molecule has 1 unspecified atom stereocenters. The Bertz CT molecular complexity index is 1260. The quantitative estimate of drug-likeness (QED) is 0.297. The van der Waals surface area contributed by atoms with Crippen LogP contribution in [0.4, 0.5) is 5.69 Å². The van der Waals surface area contributed by atoms with Gasteiger partial charge in [-0.1, -0.05) is 42.5 Å². The normalized spacial score (nSPS) is 17.1. The van der Waals surface area contributed by atoms with Gasteiger partial charge in [-0.3, -0.25) is 9.59 Å². The van der Waals surface area contributed by atoms with E-state index in [0.717, 1.165) is 11.3 Å². The molecule has 9 heteroatoms. The van der Waals surface area contributed by atoms with Gasteiger partial charge in [0.25, 0.3) is 5.91 Å². The van der Waals surface area contributed by atoms with E-state index >= 15 is 0 Å². The minimum Gasteiger partial charge on any atom is -0.497 e. The van der Waals surface area contributed by atoms with Crippen LogP contribution in [0.3, 0.4) is 0 Å². The van der Waals surface area contributed by atoms with Gasteiger partial charge >= 0.3 is 5.97 Å². The smallest absolute Gasteiger partial charge is 0.333 e. The summed E-state index contributed by atoms with van der Waals surface area (Å²) in [5.41, 5.74) is 1.04. The van der Waals surface area contributed by atoms with E-state index in [1.807, 2.05) is 30.3 Å². The number of carbonyl (C=O) groups excluding carboxylic acids is 3. The molecule has 2 N–H and O–H groups in total. The number of anilines is 1. The molecule has 3 aromatic carbocycles. The lowest BCUT2D eigenvalue weighted by atomic mass is 9.87. The first-order chi connectivity index (χ1) is 18.3. The summed E-state index contributed by atoms with van der Waals surface area (Å²) in [6.07, 6.45) is 0. The topological polar surface area (TPSA) is 106 Å². The van der Waals surface area contributed by atoms with Crippen molar-refractivity contribution in [3.8, 4) is 11.5 Å². The van der Waals surface area contributed by atoms with Crippen molar-refractivity contribution in [3.05, 3.63) is 90.0 Å². The molecule has 0 saturated carbocycles. The number of para-hydroxylation sites is 1.